The topological polar surface area (TPSA) is 95.0 Å². The van der Waals surface area contributed by atoms with Gasteiger partial charge in [0.15, 0.2) is 0 Å². The Labute approximate surface area is 142 Å². The first kappa shape index (κ1) is 15.4. The van der Waals surface area contributed by atoms with Crippen molar-refractivity contribution in [2.75, 3.05) is 13.1 Å². The lowest BCUT2D eigenvalue weighted by molar-refractivity contribution is 0.140. The van der Waals surface area contributed by atoms with Gasteiger partial charge in [0.25, 0.3) is 5.56 Å². The van der Waals surface area contributed by atoms with Crippen LogP contribution in [0.5, 0.6) is 0 Å². The largest absolute Gasteiger partial charge is 0.391 e. The second kappa shape index (κ2) is 6.39. The van der Waals surface area contributed by atoms with Gasteiger partial charge >= 0.3 is 0 Å². The fraction of sp³-hybridized carbons (Fsp3) is 0.375. The van der Waals surface area contributed by atoms with Gasteiger partial charge in [-0.1, -0.05) is 0 Å². The van der Waals surface area contributed by atoms with E-state index in [2.05, 4.69) is 24.8 Å². The molecule has 7 nitrogen and oxygen atoms in total. The fourth-order valence-corrected chi connectivity index (χ4v) is 3.91. The fourth-order valence-electron chi connectivity index (χ4n) is 3.18. The van der Waals surface area contributed by atoms with E-state index in [1.54, 1.807) is 18.6 Å². The van der Waals surface area contributed by atoms with Crippen LogP contribution in [0.3, 0.4) is 0 Å². The summed E-state index contributed by atoms with van der Waals surface area (Å²) >= 11 is 1.39. The Bertz CT molecular complexity index is 894. The van der Waals surface area contributed by atoms with E-state index in [0.29, 0.717) is 30.0 Å². The van der Waals surface area contributed by atoms with E-state index >= 15 is 0 Å². The standard InChI is InChI=1S/C16H17N5O2S/c22-13-8-21(7-10(13)5-11-6-17-2-3-18-11)9-14-19-12-1-4-24-15(12)16(23)20-14/h1-4,6,10,13,22H,5,7-9H2,(H,19,20,23)/t10-,13-/m1/s1. The minimum atomic E-state index is -0.413. The van der Waals surface area contributed by atoms with Crippen LogP contribution in [0, 0.1) is 5.92 Å². The molecule has 1 saturated heterocycles. The minimum absolute atomic E-state index is 0.0964. The number of fused-ring (bicyclic) bond motifs is 1. The van der Waals surface area contributed by atoms with Crippen LogP contribution in [0.15, 0.2) is 34.8 Å². The van der Waals surface area contributed by atoms with Crippen LogP contribution in [0.1, 0.15) is 11.5 Å². The molecule has 0 aliphatic carbocycles. The molecule has 2 atom stereocenters. The summed E-state index contributed by atoms with van der Waals surface area (Å²) in [5.41, 5.74) is 1.52. The summed E-state index contributed by atoms with van der Waals surface area (Å²) in [5, 5.41) is 12.2. The number of rotatable bonds is 4. The molecule has 1 aliphatic rings. The molecule has 0 unspecified atom stereocenters. The molecule has 3 aromatic rings. The zero-order valence-corrected chi connectivity index (χ0v) is 13.7. The highest BCUT2D eigenvalue weighted by molar-refractivity contribution is 7.17. The highest BCUT2D eigenvalue weighted by atomic mass is 32.1. The SMILES string of the molecule is O=c1[nH]c(CN2C[C@@H](Cc3cnccn3)[C@H](O)C2)nc2ccsc12. The Balaban J connectivity index is 1.46. The number of hydrogen-bond donors (Lipinski definition) is 2. The Morgan fingerprint density at radius 3 is 3.12 bits per heavy atom. The molecule has 0 radical (unpaired) electrons. The van der Waals surface area contributed by atoms with Gasteiger partial charge in [0.2, 0.25) is 0 Å². The average Bonchev–Trinajstić information content (AvgIpc) is 3.16. The summed E-state index contributed by atoms with van der Waals surface area (Å²) in [6.45, 7) is 1.83. The zero-order chi connectivity index (χ0) is 16.5. The number of thiophene rings is 1. The third-order valence-electron chi connectivity index (χ3n) is 4.31. The van der Waals surface area contributed by atoms with Crippen molar-refractivity contribution >= 4 is 21.6 Å². The molecule has 0 spiro atoms. The van der Waals surface area contributed by atoms with E-state index in [-0.39, 0.29) is 11.5 Å². The summed E-state index contributed by atoms with van der Waals surface area (Å²) in [4.78, 5) is 29.8. The maximum absolute atomic E-state index is 12.0. The Hall–Kier alpha value is -2.16. The van der Waals surface area contributed by atoms with Gasteiger partial charge in [-0.15, -0.1) is 11.3 Å². The number of nitrogens with one attached hydrogen (secondary N) is 1. The lowest BCUT2D eigenvalue weighted by Crippen LogP contribution is -2.24. The van der Waals surface area contributed by atoms with Crippen LogP contribution < -0.4 is 5.56 Å². The van der Waals surface area contributed by atoms with Crippen molar-refractivity contribution in [1.82, 2.24) is 24.8 Å². The van der Waals surface area contributed by atoms with E-state index in [1.165, 1.54) is 11.3 Å². The van der Waals surface area contributed by atoms with Crippen molar-refractivity contribution in [1.29, 1.82) is 0 Å². The molecule has 4 rings (SSSR count). The van der Waals surface area contributed by atoms with Crippen molar-refractivity contribution in [2.24, 2.45) is 5.92 Å². The number of likely N-dealkylation sites (tertiary alicyclic amines) is 1. The van der Waals surface area contributed by atoms with Crippen LogP contribution in [-0.4, -0.2) is 49.1 Å². The van der Waals surface area contributed by atoms with Gasteiger partial charge in [0, 0.05) is 37.6 Å². The predicted molar refractivity (Wildman–Crippen MR) is 90.8 cm³/mol. The molecular weight excluding hydrogens is 326 g/mol. The third-order valence-corrected chi connectivity index (χ3v) is 5.21. The normalized spacial score (nSPS) is 21.5. The maximum atomic E-state index is 12.0. The molecule has 1 fully saturated rings. The van der Waals surface area contributed by atoms with Gasteiger partial charge in [-0.25, -0.2) is 4.98 Å². The van der Waals surface area contributed by atoms with Gasteiger partial charge in [-0.05, 0) is 17.9 Å². The number of aromatic amines is 1. The van der Waals surface area contributed by atoms with Crippen LogP contribution in [-0.2, 0) is 13.0 Å². The summed E-state index contributed by atoms with van der Waals surface area (Å²) in [5.74, 6) is 0.747. The molecule has 4 heterocycles. The molecule has 0 saturated carbocycles. The number of H-pyrrole nitrogens is 1. The minimum Gasteiger partial charge on any atom is -0.391 e. The van der Waals surface area contributed by atoms with E-state index in [0.717, 1.165) is 17.8 Å². The van der Waals surface area contributed by atoms with Gasteiger partial charge in [-0.2, -0.15) is 0 Å². The second-order valence-electron chi connectivity index (χ2n) is 6.07. The van der Waals surface area contributed by atoms with Crippen LogP contribution in [0.2, 0.25) is 0 Å². The molecule has 0 aromatic carbocycles. The number of aliphatic hydroxyl groups is 1. The first-order valence-electron chi connectivity index (χ1n) is 7.81. The quantitative estimate of drug-likeness (QED) is 0.728. The second-order valence-corrected chi connectivity index (χ2v) is 6.99. The summed E-state index contributed by atoms with van der Waals surface area (Å²) < 4.78 is 0.653. The van der Waals surface area contributed by atoms with E-state index in [4.69, 9.17) is 0 Å². The van der Waals surface area contributed by atoms with Crippen molar-refractivity contribution in [3.8, 4) is 0 Å². The number of aromatic nitrogens is 4. The van der Waals surface area contributed by atoms with Crippen molar-refractivity contribution in [2.45, 2.75) is 19.1 Å². The maximum Gasteiger partial charge on any atom is 0.268 e. The van der Waals surface area contributed by atoms with Gasteiger partial charge < -0.3 is 10.1 Å². The lowest BCUT2D eigenvalue weighted by atomic mass is 10.0. The van der Waals surface area contributed by atoms with Crippen molar-refractivity contribution in [3.63, 3.8) is 0 Å². The number of β-amino-alcohol motifs (C(OH)–C–C–N with tert-alkyl or cyclic N) is 1. The number of hydrogen-bond acceptors (Lipinski definition) is 7. The zero-order valence-electron chi connectivity index (χ0n) is 12.9. The first-order valence-corrected chi connectivity index (χ1v) is 8.69. The van der Waals surface area contributed by atoms with Crippen molar-refractivity contribution in [3.05, 3.63) is 51.9 Å². The van der Waals surface area contributed by atoms with Gasteiger partial charge in [0.05, 0.1) is 23.9 Å². The Morgan fingerprint density at radius 1 is 1.38 bits per heavy atom. The summed E-state index contributed by atoms with van der Waals surface area (Å²) in [6.07, 6.45) is 5.32. The highest BCUT2D eigenvalue weighted by Crippen LogP contribution is 2.22. The highest BCUT2D eigenvalue weighted by Gasteiger charge is 2.32. The summed E-state index contributed by atoms with van der Waals surface area (Å²) in [7, 11) is 0. The van der Waals surface area contributed by atoms with Gasteiger partial charge in [0.1, 0.15) is 10.5 Å². The van der Waals surface area contributed by atoms with E-state index < -0.39 is 6.10 Å². The Morgan fingerprint density at radius 2 is 2.29 bits per heavy atom. The Kier molecular flexibility index (Phi) is 4.09. The first-order chi connectivity index (χ1) is 11.7. The molecule has 0 bridgehead atoms. The molecule has 2 N–H and O–H groups in total. The molecule has 3 aromatic heterocycles. The average molecular weight is 343 g/mol. The monoisotopic (exact) mass is 343 g/mol. The van der Waals surface area contributed by atoms with Crippen LogP contribution >= 0.6 is 11.3 Å². The van der Waals surface area contributed by atoms with E-state index in [9.17, 15) is 9.90 Å². The molecule has 0 amide bonds. The lowest BCUT2D eigenvalue weighted by Gasteiger charge is -2.14. The third kappa shape index (κ3) is 3.08. The number of aliphatic hydroxyl groups excluding tert-OH is 1. The molecule has 8 heteroatoms. The predicted octanol–water partition coefficient (Wildman–Crippen LogP) is 0.810. The van der Waals surface area contributed by atoms with Crippen molar-refractivity contribution < 1.29 is 5.11 Å². The van der Waals surface area contributed by atoms with Crippen LogP contribution in [0.25, 0.3) is 10.2 Å². The number of nitrogens with zero attached hydrogens (tertiary/aromatic N) is 4. The molecule has 24 heavy (non-hydrogen) atoms. The smallest absolute Gasteiger partial charge is 0.268 e. The summed E-state index contributed by atoms with van der Waals surface area (Å²) in [6, 6.07) is 1.86. The van der Waals surface area contributed by atoms with Crippen LogP contribution in [0.4, 0.5) is 0 Å². The molecular formula is C16H17N5O2S. The van der Waals surface area contributed by atoms with E-state index in [1.807, 2.05) is 11.4 Å². The molecule has 1 aliphatic heterocycles. The van der Waals surface area contributed by atoms with Gasteiger partial charge in [-0.3, -0.25) is 19.7 Å². The molecule has 124 valence electrons.